The number of carbonyl (C=O) groups excluding carboxylic acids is 12. The number of amides is 12. The Hall–Kier alpha value is -15.2. The van der Waals surface area contributed by atoms with Crippen LogP contribution in [0.1, 0.15) is 127 Å². The van der Waals surface area contributed by atoms with Gasteiger partial charge in [-0.1, -0.05) is 18.2 Å². The number of hydrogen-bond acceptors (Lipinski definition) is 28. The van der Waals surface area contributed by atoms with E-state index in [2.05, 4.69) is 69.1 Å². The Balaban J connectivity index is 0.691. The third kappa shape index (κ3) is 22.1. The van der Waals surface area contributed by atoms with Crippen molar-refractivity contribution in [3.05, 3.63) is 177 Å². The van der Waals surface area contributed by atoms with Gasteiger partial charge in [-0.2, -0.15) is 15.0 Å². The van der Waals surface area contributed by atoms with Gasteiger partial charge in [0, 0.05) is 131 Å². The fourth-order valence-electron chi connectivity index (χ4n) is 15.4. The van der Waals surface area contributed by atoms with Crippen molar-refractivity contribution in [2.24, 2.45) is 34.8 Å². The van der Waals surface area contributed by atoms with Crippen LogP contribution < -0.4 is 107 Å². The first-order chi connectivity index (χ1) is 61.6. The minimum Gasteiger partial charge on any atom is -0.508 e. The number of carbonyl (C=O) groups is 13. The topological polar surface area (TPSA) is 639 Å². The Kier molecular flexibility index (Phi) is 29.0. The highest BCUT2D eigenvalue weighted by Gasteiger charge is 2.35. The summed E-state index contributed by atoms with van der Waals surface area (Å²) in [6.07, 6.45) is 2.98. The Morgan fingerprint density at radius 1 is 0.484 bits per heavy atom. The summed E-state index contributed by atoms with van der Waals surface area (Å²) in [6, 6.07) is 24.9. The third-order valence-electron chi connectivity index (χ3n) is 22.3. The van der Waals surface area contributed by atoms with Gasteiger partial charge in [-0.3, -0.25) is 62.3 Å². The monoisotopic (exact) mass is 1750 g/mol. The summed E-state index contributed by atoms with van der Waals surface area (Å²) in [7, 11) is 0. The van der Waals surface area contributed by atoms with E-state index >= 15 is 0 Å². The average molecular weight is 1750 g/mol. The molecular formula is C87H96N22O19. The van der Waals surface area contributed by atoms with Gasteiger partial charge in [0.2, 0.25) is 76.9 Å². The molecule has 6 aliphatic rings. The van der Waals surface area contributed by atoms with E-state index in [0.717, 1.165) is 0 Å². The van der Waals surface area contributed by atoms with Crippen molar-refractivity contribution in [1.29, 1.82) is 0 Å². The van der Waals surface area contributed by atoms with E-state index in [0.29, 0.717) is 59.9 Å². The zero-order valence-corrected chi connectivity index (χ0v) is 69.1. The van der Waals surface area contributed by atoms with Crippen molar-refractivity contribution in [3.8, 4) is 28.2 Å². The van der Waals surface area contributed by atoms with Crippen molar-refractivity contribution in [3.63, 3.8) is 0 Å². The molecule has 41 heteroatoms. The first-order valence-electron chi connectivity index (χ1n) is 41.4. The van der Waals surface area contributed by atoms with Crippen LogP contribution in [0.5, 0.6) is 5.75 Å². The van der Waals surface area contributed by atoms with Gasteiger partial charge < -0.3 is 127 Å². The largest absolute Gasteiger partial charge is 0.508 e. The zero-order chi connectivity index (χ0) is 91.0. The fourth-order valence-corrected chi connectivity index (χ4v) is 15.4. The number of carboxylic acids is 1. The number of fused-ring (bicyclic) bond motifs is 6. The molecule has 6 aromatic carbocycles. The Bertz CT molecular complexity index is 5840. The number of nitrogens with one attached hydrogen (secondary N) is 13. The number of aromatic carboxylic acids is 1. The van der Waals surface area contributed by atoms with Crippen LogP contribution in [0, 0.1) is 11.8 Å². The molecule has 6 heterocycles. The van der Waals surface area contributed by atoms with E-state index in [9.17, 15) is 87.5 Å². The summed E-state index contributed by atoms with van der Waals surface area (Å²) >= 11 is 0. The van der Waals surface area contributed by atoms with Gasteiger partial charge in [-0.15, -0.1) is 0 Å². The number of aliphatic hydroxyl groups is 2. The molecule has 1 aromatic heterocycles. The summed E-state index contributed by atoms with van der Waals surface area (Å²) in [4.78, 5) is 208. The average Bonchev–Trinajstić information content (AvgIpc) is 0.745. The molecule has 2 fully saturated rings. The first-order valence-corrected chi connectivity index (χ1v) is 41.4. The van der Waals surface area contributed by atoms with Crippen molar-refractivity contribution in [2.75, 3.05) is 113 Å². The smallest absolute Gasteiger partial charge is 0.336 e. The number of anilines is 10. The number of aliphatic hydroxyl groups excluding tert-OH is 2. The third-order valence-corrected chi connectivity index (χ3v) is 22.3. The quantitative estimate of drug-likeness (QED) is 0.0274. The molecule has 0 unspecified atom stereocenters. The number of phenols is 1. The van der Waals surface area contributed by atoms with E-state index in [1.807, 2.05) is 9.80 Å². The minimum absolute atomic E-state index is 0.0235. The molecule has 0 bridgehead atoms. The van der Waals surface area contributed by atoms with Gasteiger partial charge >= 0.3 is 5.97 Å². The number of aromatic hydroxyl groups is 1. The number of benzene rings is 7. The van der Waals surface area contributed by atoms with Gasteiger partial charge in [0.05, 0.1) is 43.0 Å². The van der Waals surface area contributed by atoms with Crippen LogP contribution in [0.3, 0.4) is 0 Å². The second-order valence-corrected chi connectivity index (χ2v) is 31.1. The SMILES string of the molecule is NCCCC[C@@H]1NC(=O)c2cc(NC(=O)CNC(=O)C3CCN(c4nc(Nc5ccc(-c6c7ccc(=O)cc-7oc7cc(O)ccc67)c(C(=O)O)c5)nc(N5CCC(C(=O)NCC(=O)Nc6ccc7c(c6)C(=O)N[C@@H](CO)C(=O)N[C@@H](CCCCN)C(=O)Nc6cc(C(N)=O)ccc6CN7)CC5)n4)CC3)ccc2NCc2ccc(C(N)=O)cc2NC(=O)[C@H](CO)NC1=O. The molecule has 668 valence electrons. The van der Waals surface area contributed by atoms with Gasteiger partial charge in [0.25, 0.3) is 11.8 Å². The number of nitrogens with two attached hydrogens (primary N) is 4. The van der Waals surface area contributed by atoms with Crippen LogP contribution in [-0.2, 0) is 51.4 Å². The van der Waals surface area contributed by atoms with Gasteiger partial charge in [0.15, 0.2) is 5.43 Å². The summed E-state index contributed by atoms with van der Waals surface area (Å²) in [6.45, 7) is -1.38. The lowest BCUT2D eigenvalue weighted by molar-refractivity contribution is -0.128. The van der Waals surface area contributed by atoms with E-state index in [1.165, 1.54) is 103 Å². The molecule has 128 heavy (non-hydrogen) atoms. The molecule has 1 aliphatic carbocycles. The van der Waals surface area contributed by atoms with E-state index in [4.69, 9.17) is 42.3 Å². The molecule has 0 spiro atoms. The van der Waals surface area contributed by atoms with E-state index in [1.54, 1.807) is 24.3 Å². The zero-order valence-electron chi connectivity index (χ0n) is 69.1. The molecule has 5 aliphatic heterocycles. The van der Waals surface area contributed by atoms with Crippen molar-refractivity contribution < 1.29 is 87.2 Å². The Morgan fingerprint density at radius 2 is 0.961 bits per heavy atom. The van der Waals surface area contributed by atoms with E-state index < -0.39 is 139 Å². The van der Waals surface area contributed by atoms with Crippen LogP contribution in [0.25, 0.3) is 33.4 Å². The molecule has 13 rings (SSSR count). The molecule has 7 aromatic rings. The minimum atomic E-state index is -1.55. The number of carboxylic acid groups (broad SMARTS) is 1. The molecular weight excluding hydrogens is 1660 g/mol. The lowest BCUT2D eigenvalue weighted by Gasteiger charge is -2.34. The lowest BCUT2D eigenvalue weighted by atomic mass is 9.90. The highest BCUT2D eigenvalue weighted by molar-refractivity contribution is 6.10. The summed E-state index contributed by atoms with van der Waals surface area (Å²) < 4.78 is 6.04. The van der Waals surface area contributed by atoms with Crippen LogP contribution in [0.15, 0.2) is 137 Å². The normalized spacial score (nSPS) is 17.2. The maximum atomic E-state index is 14.4. The molecule has 0 radical (unpaired) electrons. The van der Waals surface area contributed by atoms with Crippen LogP contribution in [0.2, 0.25) is 0 Å². The predicted molar refractivity (Wildman–Crippen MR) is 470 cm³/mol. The molecule has 0 saturated carbocycles. The second-order valence-electron chi connectivity index (χ2n) is 31.1. The summed E-state index contributed by atoms with van der Waals surface area (Å²) in [5.41, 5.74) is 25.4. The Morgan fingerprint density at radius 3 is 1.47 bits per heavy atom. The second kappa shape index (κ2) is 41.1. The molecule has 4 atom stereocenters. The number of unbranched alkanes of at least 4 members (excludes halogenated alkanes) is 2. The van der Waals surface area contributed by atoms with Gasteiger partial charge in [-0.05, 0) is 191 Å². The van der Waals surface area contributed by atoms with Gasteiger partial charge in [0.1, 0.15) is 41.3 Å². The van der Waals surface area contributed by atoms with Gasteiger partial charge in [-0.25, -0.2) is 4.79 Å². The van der Waals surface area contributed by atoms with Crippen LogP contribution in [-0.4, -0.2) is 202 Å². The molecule has 25 N–H and O–H groups in total. The number of piperidine rings is 2. The standard InChI is InChI=1S/C87H96N22O19/c88-25-3-1-5-63-81(123)104-68(43-111)83(125)102-66-32-47(75(91)117)8-10-49(66)39-92-61-19-12-50(34-59(61)78(120)99-63)96-71(114)40-94-76(118)44-21-27-108(28-22-44)86-105-85(98-52-11-16-55(58(33-52)84(126)127)73-56-17-14-53(112)36-69(56)128-70-37-54(113)15-18-57(70)73)106-87(107-86)109-29-23-45(24-30-109)77(119)95-41-72(115)97-51-13-20-62-60(35-51)79(121)103-67(42-110)82(124)100-64(6-2-4-26-89)80(122)101-65-31-46(74(90)116)7-9-48(65)38-93-62/h7-20,31-37,44-45,63-64,67-68,92-93,110-112H,1-6,21-30,38-43,88-89H2,(H2,90,116)(H2,91,117)(H,94,118)(H,95,119)(H,96,114)(H,97,115)(H,99,120)(H,100,124)(H,101,122)(H,102,125)(H,103,121)(H,104,123)(H,126,127)(H,98,105,106,107)/t63-,64-,67-,68-/m0/s1. The number of nitrogens with zero attached hydrogens (tertiary/aromatic N) is 5. The summed E-state index contributed by atoms with van der Waals surface area (Å²) in [5, 5.41) is 78.6. The highest BCUT2D eigenvalue weighted by atomic mass is 16.4. The van der Waals surface area contributed by atoms with Crippen molar-refractivity contribution >= 4 is 145 Å². The molecule has 2 saturated heterocycles. The first kappa shape index (κ1) is 90.5. The molecule has 12 amide bonds. The summed E-state index contributed by atoms with van der Waals surface area (Å²) in [5.74, 6) is -10.9. The van der Waals surface area contributed by atoms with Crippen molar-refractivity contribution in [1.82, 2.24) is 46.9 Å². The molecule has 41 nitrogen and oxygen atoms in total. The number of phenolic OH excluding ortho intramolecular Hbond substituents is 1. The number of aromatic nitrogens is 3. The van der Waals surface area contributed by atoms with Crippen molar-refractivity contribution in [2.45, 2.75) is 101 Å². The number of hydrogen-bond donors (Lipinski definition) is 21. The van der Waals surface area contributed by atoms with Crippen LogP contribution >= 0.6 is 0 Å². The predicted octanol–water partition coefficient (Wildman–Crippen LogP) is 2.58. The maximum absolute atomic E-state index is 14.4. The number of primary amides is 2. The Labute approximate surface area is 729 Å². The maximum Gasteiger partial charge on any atom is 0.336 e. The number of rotatable bonds is 26. The highest BCUT2D eigenvalue weighted by Crippen LogP contribution is 2.43. The van der Waals surface area contributed by atoms with Crippen LogP contribution in [0.4, 0.5) is 57.7 Å². The fraction of sp³-hybridized carbons (Fsp3) is 0.322. The lowest BCUT2D eigenvalue weighted by Crippen LogP contribution is -2.54. The van der Waals surface area contributed by atoms with E-state index in [-0.39, 0.29) is 198 Å².